The zero-order valence-electron chi connectivity index (χ0n) is 9.00. The average Bonchev–Trinajstić information content (AvgIpc) is 2.37. The standard InChI is InChI=1S/C7H12N2S.C3H8/c1-7(2,8)3-6-4-10-5-9-6;1-3-2/h4-5H,3,8H2,1-2H3;3H2,1-2H3. The highest BCUT2D eigenvalue weighted by atomic mass is 32.1. The van der Waals surface area contributed by atoms with Crippen molar-refractivity contribution in [3.05, 3.63) is 16.6 Å². The fourth-order valence-corrected chi connectivity index (χ4v) is 1.35. The van der Waals surface area contributed by atoms with Gasteiger partial charge in [-0.1, -0.05) is 20.3 Å². The van der Waals surface area contributed by atoms with Gasteiger partial charge in [-0.3, -0.25) is 0 Å². The molecule has 0 spiro atoms. The molecule has 13 heavy (non-hydrogen) atoms. The van der Waals surface area contributed by atoms with Crippen molar-refractivity contribution in [2.45, 2.75) is 46.1 Å². The molecule has 2 N–H and O–H groups in total. The zero-order chi connectivity index (χ0) is 10.3. The van der Waals surface area contributed by atoms with E-state index in [1.54, 1.807) is 11.3 Å². The summed E-state index contributed by atoms with van der Waals surface area (Å²) >= 11 is 1.61. The van der Waals surface area contributed by atoms with E-state index in [2.05, 4.69) is 18.8 Å². The number of nitrogens with zero attached hydrogens (tertiary/aromatic N) is 1. The van der Waals surface area contributed by atoms with Gasteiger partial charge >= 0.3 is 0 Å². The van der Waals surface area contributed by atoms with Crippen LogP contribution in [0.25, 0.3) is 0 Å². The number of hydrogen-bond acceptors (Lipinski definition) is 3. The normalized spacial score (nSPS) is 10.5. The molecule has 0 aliphatic rings. The quantitative estimate of drug-likeness (QED) is 0.797. The van der Waals surface area contributed by atoms with Gasteiger partial charge in [0, 0.05) is 17.3 Å². The minimum absolute atomic E-state index is 0.131. The van der Waals surface area contributed by atoms with Gasteiger partial charge in [-0.2, -0.15) is 0 Å². The molecule has 76 valence electrons. The Labute approximate surface area is 85.2 Å². The second-order valence-corrected chi connectivity index (χ2v) is 4.57. The van der Waals surface area contributed by atoms with Gasteiger partial charge in [0.25, 0.3) is 0 Å². The Morgan fingerprint density at radius 3 is 2.31 bits per heavy atom. The molecule has 2 nitrogen and oxygen atoms in total. The lowest BCUT2D eigenvalue weighted by Crippen LogP contribution is -2.34. The molecule has 0 unspecified atom stereocenters. The van der Waals surface area contributed by atoms with Crippen LogP contribution in [-0.4, -0.2) is 10.5 Å². The number of hydrogen-bond donors (Lipinski definition) is 1. The summed E-state index contributed by atoms with van der Waals surface area (Å²) in [5, 5.41) is 2.04. The Bertz CT molecular complexity index is 199. The van der Waals surface area contributed by atoms with Gasteiger partial charge in [-0.05, 0) is 13.8 Å². The lowest BCUT2D eigenvalue weighted by molar-refractivity contribution is 0.511. The lowest BCUT2D eigenvalue weighted by Gasteiger charge is -2.15. The molecule has 0 atom stereocenters. The zero-order valence-corrected chi connectivity index (χ0v) is 9.82. The summed E-state index contributed by atoms with van der Waals surface area (Å²) in [5.74, 6) is 0. The molecule has 1 aromatic rings. The molecule has 0 aromatic carbocycles. The van der Waals surface area contributed by atoms with Gasteiger partial charge in [-0.25, -0.2) is 4.98 Å². The van der Waals surface area contributed by atoms with E-state index < -0.39 is 0 Å². The van der Waals surface area contributed by atoms with Crippen LogP contribution in [0.5, 0.6) is 0 Å². The van der Waals surface area contributed by atoms with Crippen LogP contribution in [-0.2, 0) is 6.42 Å². The Kier molecular flexibility index (Phi) is 5.91. The van der Waals surface area contributed by atoms with Crippen molar-refractivity contribution in [3.63, 3.8) is 0 Å². The summed E-state index contributed by atoms with van der Waals surface area (Å²) in [4.78, 5) is 4.14. The second kappa shape index (κ2) is 6.11. The fourth-order valence-electron chi connectivity index (χ4n) is 0.792. The Balaban J connectivity index is 0.000000424. The maximum absolute atomic E-state index is 5.79. The van der Waals surface area contributed by atoms with Crippen LogP contribution >= 0.6 is 11.3 Å². The molecular weight excluding hydrogens is 180 g/mol. The summed E-state index contributed by atoms with van der Waals surface area (Å²) in [5.41, 5.74) is 8.59. The Morgan fingerprint density at radius 1 is 1.46 bits per heavy atom. The molecule has 1 rings (SSSR count). The first-order chi connectivity index (χ1) is 5.99. The van der Waals surface area contributed by atoms with Crippen LogP contribution in [0.3, 0.4) is 0 Å². The number of rotatable bonds is 2. The van der Waals surface area contributed by atoms with Crippen molar-refractivity contribution in [2.24, 2.45) is 5.73 Å². The Hall–Kier alpha value is -0.410. The lowest BCUT2D eigenvalue weighted by atomic mass is 10.0. The van der Waals surface area contributed by atoms with Gasteiger partial charge in [0.2, 0.25) is 0 Å². The van der Waals surface area contributed by atoms with Crippen molar-refractivity contribution in [3.8, 4) is 0 Å². The van der Waals surface area contributed by atoms with Crippen molar-refractivity contribution in [1.29, 1.82) is 0 Å². The molecule has 0 fully saturated rings. The third-order valence-electron chi connectivity index (χ3n) is 1.12. The maximum Gasteiger partial charge on any atom is 0.0794 e. The van der Waals surface area contributed by atoms with Gasteiger partial charge in [-0.15, -0.1) is 11.3 Å². The molecule has 0 aliphatic heterocycles. The van der Waals surface area contributed by atoms with Crippen LogP contribution < -0.4 is 5.73 Å². The molecule has 1 aromatic heterocycles. The van der Waals surface area contributed by atoms with Crippen molar-refractivity contribution in [1.82, 2.24) is 4.98 Å². The summed E-state index contributed by atoms with van der Waals surface area (Å²) in [6.07, 6.45) is 2.11. The number of nitrogens with two attached hydrogens (primary N) is 1. The van der Waals surface area contributed by atoms with Crippen molar-refractivity contribution < 1.29 is 0 Å². The highest BCUT2D eigenvalue weighted by molar-refractivity contribution is 7.07. The van der Waals surface area contributed by atoms with Crippen LogP contribution in [0.2, 0.25) is 0 Å². The van der Waals surface area contributed by atoms with E-state index in [1.807, 2.05) is 24.7 Å². The molecule has 0 aliphatic carbocycles. The maximum atomic E-state index is 5.79. The van der Waals surface area contributed by atoms with Gasteiger partial charge in [0.15, 0.2) is 0 Å². The van der Waals surface area contributed by atoms with E-state index in [0.29, 0.717) is 0 Å². The number of aromatic nitrogens is 1. The van der Waals surface area contributed by atoms with Crippen LogP contribution in [0.1, 0.15) is 39.8 Å². The van der Waals surface area contributed by atoms with Crippen LogP contribution in [0, 0.1) is 0 Å². The summed E-state index contributed by atoms with van der Waals surface area (Å²) in [6, 6.07) is 0. The first-order valence-electron chi connectivity index (χ1n) is 4.65. The fraction of sp³-hybridized carbons (Fsp3) is 0.700. The van der Waals surface area contributed by atoms with E-state index in [4.69, 9.17) is 5.73 Å². The van der Waals surface area contributed by atoms with Crippen molar-refractivity contribution >= 4 is 11.3 Å². The first kappa shape index (κ1) is 12.6. The molecule has 0 saturated heterocycles. The topological polar surface area (TPSA) is 38.9 Å². The first-order valence-corrected chi connectivity index (χ1v) is 5.59. The summed E-state index contributed by atoms with van der Waals surface area (Å²) in [6.45, 7) is 8.26. The minimum Gasteiger partial charge on any atom is -0.325 e. The second-order valence-electron chi connectivity index (χ2n) is 3.85. The van der Waals surface area contributed by atoms with E-state index in [0.717, 1.165) is 12.1 Å². The highest BCUT2D eigenvalue weighted by Crippen LogP contribution is 2.09. The molecule has 0 amide bonds. The molecule has 0 radical (unpaired) electrons. The monoisotopic (exact) mass is 200 g/mol. The highest BCUT2D eigenvalue weighted by Gasteiger charge is 2.11. The largest absolute Gasteiger partial charge is 0.325 e. The van der Waals surface area contributed by atoms with Gasteiger partial charge in [0.1, 0.15) is 0 Å². The predicted molar refractivity (Wildman–Crippen MR) is 60.0 cm³/mol. The molecular formula is C10H20N2S. The van der Waals surface area contributed by atoms with E-state index in [1.165, 1.54) is 6.42 Å². The van der Waals surface area contributed by atoms with Gasteiger partial charge in [0.05, 0.1) is 11.2 Å². The SMILES string of the molecule is CC(C)(N)Cc1cscn1.CCC. The third kappa shape index (κ3) is 7.94. The molecule has 3 heteroatoms. The molecule has 0 bridgehead atoms. The minimum atomic E-state index is -0.131. The summed E-state index contributed by atoms with van der Waals surface area (Å²) < 4.78 is 0. The van der Waals surface area contributed by atoms with E-state index >= 15 is 0 Å². The van der Waals surface area contributed by atoms with Crippen LogP contribution in [0.4, 0.5) is 0 Å². The molecule has 0 saturated carbocycles. The molecule has 1 heterocycles. The summed E-state index contributed by atoms with van der Waals surface area (Å²) in [7, 11) is 0. The van der Waals surface area contributed by atoms with Crippen molar-refractivity contribution in [2.75, 3.05) is 0 Å². The van der Waals surface area contributed by atoms with E-state index in [-0.39, 0.29) is 5.54 Å². The number of thiazole rings is 1. The predicted octanol–water partition coefficient (Wildman–Crippen LogP) is 2.84. The average molecular weight is 200 g/mol. The third-order valence-corrected chi connectivity index (χ3v) is 1.76. The van der Waals surface area contributed by atoms with Gasteiger partial charge < -0.3 is 5.73 Å². The van der Waals surface area contributed by atoms with Crippen LogP contribution in [0.15, 0.2) is 10.9 Å². The smallest absolute Gasteiger partial charge is 0.0794 e. The van der Waals surface area contributed by atoms with E-state index in [9.17, 15) is 0 Å². The Morgan fingerprint density at radius 2 is 2.00 bits per heavy atom.